The summed E-state index contributed by atoms with van der Waals surface area (Å²) in [5.41, 5.74) is 0. The topological polar surface area (TPSA) is 408 Å². The minimum absolute atomic E-state index is 0.649. The lowest BCUT2D eigenvalue weighted by Gasteiger charge is -2.45. The summed E-state index contributed by atoms with van der Waals surface area (Å²) in [5, 5.41) is 9.73. The molecule has 296 valence electrons. The molecule has 27 nitrogen and oxygen atoms in total. The van der Waals surface area contributed by atoms with Gasteiger partial charge in [0.05, 0.1) is 39.1 Å². The molecule has 0 amide bonds. The fourth-order valence-electron chi connectivity index (χ4n) is 5.05. The van der Waals surface area contributed by atoms with Crippen molar-refractivity contribution in [3.05, 3.63) is 0 Å². The first kappa shape index (κ1) is 44.8. The highest BCUT2D eigenvalue weighted by atomic mass is 32.3. The Bertz CT molecular complexity index is 1710. The molecule has 2 fully saturated rings. The molecule has 0 bridgehead atoms. The van der Waals surface area contributed by atoms with E-state index in [0.29, 0.717) is 0 Å². The molecule has 0 aromatic heterocycles. The van der Waals surface area contributed by atoms with E-state index < -0.39 is 151 Å². The van der Waals surface area contributed by atoms with Crippen LogP contribution >= 0.6 is 0 Å². The lowest BCUT2D eigenvalue weighted by molar-refractivity contribution is -0.221. The Labute approximate surface area is 285 Å². The second-order valence-electron chi connectivity index (χ2n) is 10.2. The number of nitrogens with zero attached hydrogens (tertiary/aromatic N) is 1. The molecular formula is C18H33NO26S5. The van der Waals surface area contributed by atoms with Crippen LogP contribution in [-0.2, 0) is 97.1 Å². The largest absolute Gasteiger partial charge is 0.479 e. The molecule has 32 heteroatoms. The number of hydrogen-bond donors (Lipinski definition) is 7. The molecule has 10 atom stereocenters. The van der Waals surface area contributed by atoms with E-state index in [1.807, 2.05) is 0 Å². The normalized spacial score (nSPS) is 31.7. The molecular weight excluding hydrogens is 807 g/mol. The van der Waals surface area contributed by atoms with Gasteiger partial charge < -0.3 is 28.8 Å². The molecule has 2 saturated heterocycles. The van der Waals surface area contributed by atoms with Crippen molar-refractivity contribution in [2.75, 3.05) is 47.3 Å². The van der Waals surface area contributed by atoms with E-state index in [1.54, 1.807) is 0 Å². The number of carboxylic acid groups (broad SMARTS) is 1. The molecule has 50 heavy (non-hydrogen) atoms. The van der Waals surface area contributed by atoms with Crippen LogP contribution in [0.4, 0.5) is 0 Å². The third-order valence-electron chi connectivity index (χ3n) is 6.65. The van der Waals surface area contributed by atoms with E-state index in [0.717, 1.165) is 14.2 Å². The summed E-state index contributed by atoms with van der Waals surface area (Å²) in [6, 6.07) is -2.09. The zero-order chi connectivity index (χ0) is 38.5. The Hall–Kier alpha value is -1.38. The second kappa shape index (κ2) is 17.6. The molecule has 2 heterocycles. The first-order valence-corrected chi connectivity index (χ1v) is 19.9. The van der Waals surface area contributed by atoms with E-state index in [4.69, 9.17) is 28.2 Å². The number of hydrogen-bond acceptors (Lipinski definition) is 20. The van der Waals surface area contributed by atoms with Gasteiger partial charge in [-0.2, -0.15) is 42.2 Å². The number of carboxylic acids is 1. The van der Waals surface area contributed by atoms with Crippen molar-refractivity contribution in [1.82, 2.24) is 0 Å². The van der Waals surface area contributed by atoms with Crippen LogP contribution in [0.15, 0.2) is 4.36 Å². The number of carbonyl (C=O) groups is 1. The molecule has 7 N–H and O–H groups in total. The summed E-state index contributed by atoms with van der Waals surface area (Å²) >= 11 is 0. The number of ether oxygens (including phenoxy) is 5. The van der Waals surface area contributed by atoms with Crippen molar-refractivity contribution < 1.29 is 116 Å². The molecule has 0 spiro atoms. The molecule has 2 aliphatic heterocycles. The molecule has 2 aliphatic rings. The van der Waals surface area contributed by atoms with Crippen LogP contribution in [0.5, 0.6) is 0 Å². The van der Waals surface area contributed by atoms with Crippen molar-refractivity contribution in [1.29, 1.82) is 0 Å². The summed E-state index contributed by atoms with van der Waals surface area (Å²) in [7, 11) is -25.0. The van der Waals surface area contributed by atoms with E-state index in [9.17, 15) is 70.5 Å². The van der Waals surface area contributed by atoms with Gasteiger partial charge in [-0.3, -0.25) is 27.3 Å². The lowest BCUT2D eigenvalue weighted by Crippen LogP contribution is -2.62. The Morgan fingerprint density at radius 3 is 1.58 bits per heavy atom. The van der Waals surface area contributed by atoms with Crippen molar-refractivity contribution in [2.45, 2.75) is 48.8 Å². The predicted molar refractivity (Wildman–Crippen MR) is 153 cm³/mol. The van der Waals surface area contributed by atoms with Crippen molar-refractivity contribution in [2.24, 2.45) is 16.2 Å². The van der Waals surface area contributed by atoms with Crippen LogP contribution in [0.25, 0.3) is 0 Å². The molecule has 0 aromatic rings. The molecule has 2 rings (SSSR count). The second-order valence-corrected chi connectivity index (χ2v) is 15.5. The molecule has 0 radical (unpaired) electrons. The average molecular weight is 840 g/mol. The summed E-state index contributed by atoms with van der Waals surface area (Å²) in [5.74, 6) is -5.48. The first-order valence-electron chi connectivity index (χ1n) is 13.0. The minimum Gasteiger partial charge on any atom is -0.479 e. The van der Waals surface area contributed by atoms with Gasteiger partial charge in [0.1, 0.15) is 36.6 Å². The average Bonchev–Trinajstić information content (AvgIpc) is 2.90. The highest BCUT2D eigenvalue weighted by molar-refractivity contribution is 7.82. The van der Waals surface area contributed by atoms with Gasteiger partial charge >= 0.3 is 47.6 Å². The fourth-order valence-corrected chi connectivity index (χ4v) is 7.51. The smallest absolute Gasteiger partial charge is 0.397 e. The molecule has 0 aromatic carbocycles. The third-order valence-corrected chi connectivity index (χ3v) is 9.00. The standard InChI is InChI=1S/C18H33NO26S5/c1-37-3-9-15(44-49(31,32)33)17(45-50(34,35)36)12(42-16(9)18(20)21)6-39-4-8-10(7-40-47(25,26)27)41-11(5-38-2)13(19-46(22,23)24)14(8)43-48(28,29)30/h8-17H,3-7H2,1-2H3,(H,20,21)(H,25,26,27)(H,28,29,30)(H,31,32,33)(H,34,35,36)(H2,19,22,23,24)/t8-,9+,10?,11-,12-,13?,14?,15?,16?,17?/m1/s1. The monoisotopic (exact) mass is 839 g/mol. The van der Waals surface area contributed by atoms with Gasteiger partial charge in [-0.05, 0) is 0 Å². The van der Waals surface area contributed by atoms with Crippen LogP contribution in [0, 0.1) is 11.8 Å². The van der Waals surface area contributed by atoms with Gasteiger partial charge in [0, 0.05) is 26.1 Å². The third kappa shape index (κ3) is 14.9. The minimum atomic E-state index is -5.57. The van der Waals surface area contributed by atoms with E-state index in [2.05, 4.69) is 21.1 Å². The maximum Gasteiger partial charge on any atom is 0.397 e. The SMILES string of the molecule is COC[C@@H]1C(C(=O)O)O[C@H](COC[C@@H]2C(COS(=O)(=O)O)O[C@H](COC)C(N=S(=O)(O)O)C2OS(=O)(=O)O)C(OS(=O)(=O)O)C1OS(=O)(=O)O. The Kier molecular flexibility index (Phi) is 15.8. The van der Waals surface area contributed by atoms with Gasteiger partial charge in [-0.15, -0.1) is 0 Å². The van der Waals surface area contributed by atoms with Gasteiger partial charge in [0.15, 0.2) is 6.10 Å². The fraction of sp³-hybridized carbons (Fsp3) is 0.944. The van der Waals surface area contributed by atoms with Crippen LogP contribution in [0.3, 0.4) is 0 Å². The van der Waals surface area contributed by atoms with Crippen molar-refractivity contribution in [3.8, 4) is 0 Å². The van der Waals surface area contributed by atoms with Crippen LogP contribution in [0.1, 0.15) is 0 Å². The van der Waals surface area contributed by atoms with Gasteiger partial charge in [-0.1, -0.05) is 0 Å². The van der Waals surface area contributed by atoms with E-state index >= 15 is 0 Å². The molecule has 0 saturated carbocycles. The highest BCUT2D eigenvalue weighted by Gasteiger charge is 2.54. The maximum atomic E-state index is 12.0. The summed E-state index contributed by atoms with van der Waals surface area (Å²) < 4.78 is 208. The molecule has 6 unspecified atom stereocenters. The van der Waals surface area contributed by atoms with Crippen molar-refractivity contribution >= 4 is 57.9 Å². The Morgan fingerprint density at radius 2 is 1.12 bits per heavy atom. The molecule has 0 aliphatic carbocycles. The zero-order valence-electron chi connectivity index (χ0n) is 25.2. The van der Waals surface area contributed by atoms with Crippen molar-refractivity contribution in [3.63, 3.8) is 0 Å². The quantitative estimate of drug-likeness (QED) is 0.0616. The summed E-state index contributed by atoms with van der Waals surface area (Å²) in [4.78, 5) is 12.0. The van der Waals surface area contributed by atoms with E-state index in [1.165, 1.54) is 0 Å². The highest BCUT2D eigenvalue weighted by Crippen LogP contribution is 2.35. The lowest BCUT2D eigenvalue weighted by atomic mass is 9.86. The van der Waals surface area contributed by atoms with Gasteiger partial charge in [0.2, 0.25) is 0 Å². The zero-order valence-corrected chi connectivity index (χ0v) is 29.3. The van der Waals surface area contributed by atoms with E-state index in [-0.39, 0.29) is 0 Å². The van der Waals surface area contributed by atoms with Crippen LogP contribution in [-0.4, -0.2) is 172 Å². The van der Waals surface area contributed by atoms with Gasteiger partial charge in [-0.25, -0.2) is 21.5 Å². The Morgan fingerprint density at radius 1 is 0.600 bits per heavy atom. The number of methoxy groups -OCH3 is 2. The first-order chi connectivity index (χ1) is 22.6. The summed E-state index contributed by atoms with van der Waals surface area (Å²) in [6.07, 6.45) is -14.7. The predicted octanol–water partition coefficient (Wildman–Crippen LogP) is -3.69. The van der Waals surface area contributed by atoms with Crippen LogP contribution in [0.2, 0.25) is 0 Å². The summed E-state index contributed by atoms with van der Waals surface area (Å²) in [6.45, 7) is -4.83. The number of aliphatic carboxylic acids is 1. The maximum absolute atomic E-state index is 12.0. The number of rotatable bonds is 19. The van der Waals surface area contributed by atoms with Crippen LogP contribution < -0.4 is 0 Å². The Balaban J connectivity index is 2.62. The van der Waals surface area contributed by atoms with Gasteiger partial charge in [0.25, 0.3) is 10.3 Å².